The summed E-state index contributed by atoms with van der Waals surface area (Å²) in [6.45, 7) is 2.25. The van der Waals surface area contributed by atoms with Gasteiger partial charge >= 0.3 is 0 Å². The Morgan fingerprint density at radius 1 is 1.03 bits per heavy atom. The normalized spacial score (nSPS) is 10.9. The molecule has 0 atom stereocenters. The Hall–Kier alpha value is -3.80. The number of hydrogen-bond acceptors (Lipinski definition) is 4. The summed E-state index contributed by atoms with van der Waals surface area (Å²) in [6.07, 6.45) is 1.80. The second-order valence-electron chi connectivity index (χ2n) is 7.25. The molecule has 31 heavy (non-hydrogen) atoms. The fourth-order valence-corrected chi connectivity index (χ4v) is 3.77. The van der Waals surface area contributed by atoms with E-state index in [0.29, 0.717) is 18.0 Å². The molecule has 1 heterocycles. The standard InChI is InChI=1S/C25H24N2O4/c1-3-27(15-23(28)26-20-10-6-7-11-21(20)30-2)24(29)14-18-16-31-22-13-12-17-8-4-5-9-19(17)25(18)22/h4-13,16H,3,14-15H2,1-2H3,(H,26,28). The number of carbonyl (C=O) groups excluding carboxylic acids is 2. The molecule has 2 amide bonds. The lowest BCUT2D eigenvalue weighted by Crippen LogP contribution is -2.38. The van der Waals surface area contributed by atoms with E-state index in [0.717, 1.165) is 27.3 Å². The van der Waals surface area contributed by atoms with Crippen LogP contribution in [0, 0.1) is 0 Å². The molecule has 4 rings (SSSR count). The number of carbonyl (C=O) groups is 2. The molecule has 0 saturated carbocycles. The van der Waals surface area contributed by atoms with Crippen LogP contribution in [0.4, 0.5) is 5.69 Å². The first-order valence-electron chi connectivity index (χ1n) is 10.2. The summed E-state index contributed by atoms with van der Waals surface area (Å²) >= 11 is 0. The zero-order valence-electron chi connectivity index (χ0n) is 17.6. The van der Waals surface area contributed by atoms with Gasteiger partial charge in [-0.05, 0) is 35.9 Å². The third-order valence-electron chi connectivity index (χ3n) is 5.33. The number of rotatable bonds is 7. The molecule has 0 saturated heterocycles. The molecule has 4 aromatic rings. The van der Waals surface area contributed by atoms with E-state index in [1.54, 1.807) is 25.5 Å². The zero-order chi connectivity index (χ0) is 21.8. The molecule has 0 spiro atoms. The van der Waals surface area contributed by atoms with E-state index in [2.05, 4.69) is 5.32 Å². The quantitative estimate of drug-likeness (QED) is 0.477. The minimum atomic E-state index is -0.276. The lowest BCUT2D eigenvalue weighted by Gasteiger charge is -2.20. The lowest BCUT2D eigenvalue weighted by molar-refractivity contribution is -0.133. The predicted molar refractivity (Wildman–Crippen MR) is 121 cm³/mol. The smallest absolute Gasteiger partial charge is 0.244 e. The van der Waals surface area contributed by atoms with Gasteiger partial charge in [-0.1, -0.05) is 42.5 Å². The maximum atomic E-state index is 13.0. The van der Waals surface area contributed by atoms with Crippen molar-refractivity contribution in [2.45, 2.75) is 13.3 Å². The molecule has 0 aliphatic rings. The number of methoxy groups -OCH3 is 1. The van der Waals surface area contributed by atoms with E-state index in [-0.39, 0.29) is 24.8 Å². The first-order chi connectivity index (χ1) is 15.1. The molecule has 0 bridgehead atoms. The Kier molecular flexibility index (Phi) is 5.89. The molecule has 0 aliphatic carbocycles. The van der Waals surface area contributed by atoms with E-state index >= 15 is 0 Å². The fraction of sp³-hybridized carbons (Fsp3) is 0.200. The number of likely N-dealkylation sites (N-methyl/N-ethyl adjacent to an activating group) is 1. The average molecular weight is 416 g/mol. The van der Waals surface area contributed by atoms with Crippen LogP contribution in [0.2, 0.25) is 0 Å². The van der Waals surface area contributed by atoms with Gasteiger partial charge in [0.2, 0.25) is 11.8 Å². The van der Waals surface area contributed by atoms with Crippen LogP contribution in [0.15, 0.2) is 71.3 Å². The summed E-state index contributed by atoms with van der Waals surface area (Å²) in [5, 5.41) is 5.90. The molecule has 0 aliphatic heterocycles. The Morgan fingerprint density at radius 2 is 1.81 bits per heavy atom. The summed E-state index contributed by atoms with van der Waals surface area (Å²) < 4.78 is 11.0. The molecule has 0 radical (unpaired) electrons. The lowest BCUT2D eigenvalue weighted by atomic mass is 10.0. The summed E-state index contributed by atoms with van der Waals surface area (Å²) in [5.41, 5.74) is 2.14. The molecule has 6 heteroatoms. The number of fused-ring (bicyclic) bond motifs is 3. The van der Waals surface area contributed by atoms with Crippen LogP contribution in [0.25, 0.3) is 21.7 Å². The number of benzene rings is 3. The van der Waals surface area contributed by atoms with Crippen molar-refractivity contribution in [1.29, 1.82) is 0 Å². The fourth-order valence-electron chi connectivity index (χ4n) is 3.77. The maximum Gasteiger partial charge on any atom is 0.244 e. The van der Waals surface area contributed by atoms with Crippen molar-refractivity contribution < 1.29 is 18.7 Å². The van der Waals surface area contributed by atoms with Crippen molar-refractivity contribution >= 4 is 39.2 Å². The highest BCUT2D eigenvalue weighted by atomic mass is 16.5. The van der Waals surface area contributed by atoms with Gasteiger partial charge in [-0.3, -0.25) is 9.59 Å². The van der Waals surface area contributed by atoms with Crippen molar-refractivity contribution in [3.8, 4) is 5.75 Å². The number of anilines is 1. The van der Waals surface area contributed by atoms with Gasteiger partial charge in [-0.2, -0.15) is 0 Å². The summed E-state index contributed by atoms with van der Waals surface area (Å²) in [7, 11) is 1.55. The largest absolute Gasteiger partial charge is 0.495 e. The minimum Gasteiger partial charge on any atom is -0.495 e. The van der Waals surface area contributed by atoms with Gasteiger partial charge in [-0.15, -0.1) is 0 Å². The Balaban J connectivity index is 1.51. The Bertz CT molecular complexity index is 1240. The molecular weight excluding hydrogens is 392 g/mol. The third-order valence-corrected chi connectivity index (χ3v) is 5.33. The van der Waals surface area contributed by atoms with Crippen LogP contribution in [0.5, 0.6) is 5.75 Å². The second kappa shape index (κ2) is 8.92. The van der Waals surface area contributed by atoms with E-state index in [1.165, 1.54) is 4.90 Å². The van der Waals surface area contributed by atoms with Crippen LogP contribution in [0.3, 0.4) is 0 Å². The molecular formula is C25H24N2O4. The first kappa shape index (κ1) is 20.5. The number of nitrogens with zero attached hydrogens (tertiary/aromatic N) is 1. The van der Waals surface area contributed by atoms with Crippen LogP contribution < -0.4 is 10.1 Å². The number of nitrogens with one attached hydrogen (secondary N) is 1. The summed E-state index contributed by atoms with van der Waals surface area (Å²) in [4.78, 5) is 27.1. The van der Waals surface area contributed by atoms with Crippen LogP contribution >= 0.6 is 0 Å². The van der Waals surface area contributed by atoms with E-state index in [1.807, 2.05) is 55.5 Å². The van der Waals surface area contributed by atoms with Crippen molar-refractivity contribution in [3.63, 3.8) is 0 Å². The van der Waals surface area contributed by atoms with Gasteiger partial charge in [0.15, 0.2) is 0 Å². The van der Waals surface area contributed by atoms with Crippen molar-refractivity contribution in [2.75, 3.05) is 25.5 Å². The van der Waals surface area contributed by atoms with Crippen LogP contribution in [0.1, 0.15) is 12.5 Å². The van der Waals surface area contributed by atoms with Gasteiger partial charge < -0.3 is 19.4 Å². The average Bonchev–Trinajstić information content (AvgIpc) is 3.21. The summed E-state index contributed by atoms with van der Waals surface area (Å²) in [5.74, 6) is 0.164. The highest BCUT2D eigenvalue weighted by molar-refractivity contribution is 6.08. The number of furan rings is 1. The molecule has 3 aromatic carbocycles. The van der Waals surface area contributed by atoms with Gasteiger partial charge in [0.1, 0.15) is 11.3 Å². The monoisotopic (exact) mass is 416 g/mol. The molecule has 1 aromatic heterocycles. The van der Waals surface area contributed by atoms with Crippen molar-refractivity contribution in [1.82, 2.24) is 4.90 Å². The van der Waals surface area contributed by atoms with Gasteiger partial charge in [0.05, 0.1) is 32.0 Å². The maximum absolute atomic E-state index is 13.0. The number of amides is 2. The van der Waals surface area contributed by atoms with Gasteiger partial charge in [0, 0.05) is 17.5 Å². The van der Waals surface area contributed by atoms with Gasteiger partial charge in [0.25, 0.3) is 0 Å². The number of ether oxygens (including phenoxy) is 1. The molecule has 0 fully saturated rings. The Morgan fingerprint density at radius 3 is 2.61 bits per heavy atom. The summed E-state index contributed by atoms with van der Waals surface area (Å²) in [6, 6.07) is 19.1. The predicted octanol–water partition coefficient (Wildman–Crippen LogP) is 4.62. The zero-order valence-corrected chi connectivity index (χ0v) is 17.6. The molecule has 1 N–H and O–H groups in total. The van der Waals surface area contributed by atoms with E-state index in [4.69, 9.17) is 9.15 Å². The number of para-hydroxylation sites is 2. The molecule has 0 unspecified atom stereocenters. The number of hydrogen-bond donors (Lipinski definition) is 1. The Labute approximate surface area is 180 Å². The van der Waals surface area contributed by atoms with E-state index < -0.39 is 0 Å². The van der Waals surface area contributed by atoms with Crippen LogP contribution in [-0.4, -0.2) is 36.9 Å². The molecule has 158 valence electrons. The topological polar surface area (TPSA) is 71.8 Å². The molecule has 6 nitrogen and oxygen atoms in total. The van der Waals surface area contributed by atoms with Crippen molar-refractivity contribution in [3.05, 3.63) is 72.5 Å². The third kappa shape index (κ3) is 4.23. The highest BCUT2D eigenvalue weighted by Crippen LogP contribution is 2.30. The van der Waals surface area contributed by atoms with Crippen LogP contribution in [-0.2, 0) is 16.0 Å². The SMILES string of the molecule is CCN(CC(=O)Nc1ccccc1OC)C(=O)Cc1coc2ccc3ccccc3c12. The second-order valence-corrected chi connectivity index (χ2v) is 7.25. The minimum absolute atomic E-state index is 0.0378. The first-order valence-corrected chi connectivity index (χ1v) is 10.2. The van der Waals surface area contributed by atoms with Crippen molar-refractivity contribution in [2.24, 2.45) is 0 Å². The van der Waals surface area contributed by atoms with Gasteiger partial charge in [-0.25, -0.2) is 0 Å². The highest BCUT2D eigenvalue weighted by Gasteiger charge is 2.20. The van der Waals surface area contributed by atoms with E-state index in [9.17, 15) is 9.59 Å².